The summed E-state index contributed by atoms with van der Waals surface area (Å²) in [5.74, 6) is 1.16. The number of nitrogens with zero attached hydrogens (tertiary/aromatic N) is 1. The second kappa shape index (κ2) is 7.17. The van der Waals surface area contributed by atoms with Crippen LogP contribution in [0.15, 0.2) is 65.7 Å². The topological polar surface area (TPSA) is 68.3 Å². The fraction of sp³-hybridized carbons (Fsp3) is 0.150. The largest absolute Gasteiger partial charge is 0.438 e. The van der Waals surface area contributed by atoms with E-state index in [1.165, 1.54) is 6.20 Å². The molecule has 1 N–H and O–H groups in total. The van der Waals surface area contributed by atoms with Crippen molar-refractivity contribution in [2.24, 2.45) is 0 Å². The van der Waals surface area contributed by atoms with Gasteiger partial charge in [-0.1, -0.05) is 30.3 Å². The van der Waals surface area contributed by atoms with E-state index in [4.69, 9.17) is 4.74 Å². The Labute approximate surface area is 153 Å². The molecule has 0 aliphatic heterocycles. The van der Waals surface area contributed by atoms with E-state index in [-0.39, 0.29) is 4.90 Å². The van der Waals surface area contributed by atoms with Crippen molar-refractivity contribution in [3.05, 3.63) is 77.5 Å². The lowest BCUT2D eigenvalue weighted by molar-refractivity contribution is 0.456. The predicted molar refractivity (Wildman–Crippen MR) is 102 cm³/mol. The highest BCUT2D eigenvalue weighted by molar-refractivity contribution is 7.92. The van der Waals surface area contributed by atoms with E-state index < -0.39 is 10.0 Å². The van der Waals surface area contributed by atoms with E-state index in [0.717, 1.165) is 22.4 Å². The van der Waals surface area contributed by atoms with Gasteiger partial charge >= 0.3 is 0 Å². The number of benzene rings is 2. The van der Waals surface area contributed by atoms with Gasteiger partial charge in [0, 0.05) is 6.07 Å². The van der Waals surface area contributed by atoms with Crippen LogP contribution in [0.3, 0.4) is 0 Å². The molecule has 3 aromatic rings. The monoisotopic (exact) mass is 368 g/mol. The Morgan fingerprint density at radius 3 is 2.23 bits per heavy atom. The van der Waals surface area contributed by atoms with Crippen LogP contribution in [0.25, 0.3) is 0 Å². The van der Waals surface area contributed by atoms with Gasteiger partial charge in [-0.05, 0) is 55.7 Å². The maximum absolute atomic E-state index is 12.4. The Hall–Kier alpha value is -2.86. The highest BCUT2D eigenvalue weighted by atomic mass is 32.2. The van der Waals surface area contributed by atoms with Crippen molar-refractivity contribution < 1.29 is 13.2 Å². The molecule has 0 bridgehead atoms. The lowest BCUT2D eigenvalue weighted by atomic mass is 10.1. The van der Waals surface area contributed by atoms with E-state index in [0.29, 0.717) is 11.6 Å². The second-order valence-corrected chi connectivity index (χ2v) is 7.81. The van der Waals surface area contributed by atoms with Crippen molar-refractivity contribution >= 4 is 15.7 Å². The molecule has 1 heterocycles. The maximum Gasteiger partial charge on any atom is 0.261 e. The molecule has 0 fully saturated rings. The molecule has 6 heteroatoms. The number of anilines is 1. The van der Waals surface area contributed by atoms with Crippen molar-refractivity contribution in [3.8, 4) is 11.6 Å². The normalized spacial score (nSPS) is 11.2. The van der Waals surface area contributed by atoms with Crippen LogP contribution < -0.4 is 9.46 Å². The third kappa shape index (κ3) is 4.03. The van der Waals surface area contributed by atoms with E-state index in [2.05, 4.69) is 9.71 Å². The third-order valence-electron chi connectivity index (χ3n) is 3.90. The van der Waals surface area contributed by atoms with Crippen molar-refractivity contribution in [1.82, 2.24) is 4.98 Å². The Morgan fingerprint density at radius 2 is 1.62 bits per heavy atom. The molecular weight excluding hydrogens is 348 g/mol. The van der Waals surface area contributed by atoms with Crippen molar-refractivity contribution in [1.29, 1.82) is 0 Å². The molecule has 26 heavy (non-hydrogen) atoms. The van der Waals surface area contributed by atoms with Crippen LogP contribution in [0.1, 0.15) is 16.7 Å². The van der Waals surface area contributed by atoms with Gasteiger partial charge in [-0.2, -0.15) is 0 Å². The molecule has 134 valence electrons. The first-order chi connectivity index (χ1) is 12.3. The van der Waals surface area contributed by atoms with Crippen LogP contribution in [0.5, 0.6) is 11.6 Å². The minimum absolute atomic E-state index is 0.216. The SMILES string of the molecule is Cc1cccc(S(=O)(=O)Nc2ccc(Oc3c(C)cccc3C)nc2)c1. The Bertz CT molecular complexity index is 1010. The number of aromatic nitrogens is 1. The summed E-state index contributed by atoms with van der Waals surface area (Å²) in [7, 11) is -3.65. The summed E-state index contributed by atoms with van der Waals surface area (Å²) < 4.78 is 33.3. The first kappa shape index (κ1) is 17.9. The molecule has 0 aliphatic carbocycles. The van der Waals surface area contributed by atoms with Crippen LogP contribution in [-0.2, 0) is 10.0 Å². The number of hydrogen-bond donors (Lipinski definition) is 1. The molecule has 0 unspecified atom stereocenters. The van der Waals surface area contributed by atoms with E-state index in [1.807, 2.05) is 45.0 Å². The summed E-state index contributed by atoms with van der Waals surface area (Å²) in [4.78, 5) is 4.42. The highest BCUT2D eigenvalue weighted by Gasteiger charge is 2.14. The zero-order valence-corrected chi connectivity index (χ0v) is 15.7. The average molecular weight is 368 g/mol. The fourth-order valence-corrected chi connectivity index (χ4v) is 3.71. The zero-order valence-electron chi connectivity index (χ0n) is 14.9. The van der Waals surface area contributed by atoms with E-state index in [9.17, 15) is 8.42 Å². The van der Waals surface area contributed by atoms with Crippen LogP contribution in [0, 0.1) is 20.8 Å². The third-order valence-corrected chi connectivity index (χ3v) is 5.28. The number of sulfonamides is 1. The number of ether oxygens (including phenoxy) is 1. The molecule has 0 saturated heterocycles. The van der Waals surface area contributed by atoms with E-state index in [1.54, 1.807) is 30.3 Å². The van der Waals surface area contributed by atoms with Crippen molar-refractivity contribution in [2.45, 2.75) is 25.7 Å². The summed E-state index contributed by atoms with van der Waals surface area (Å²) in [6, 6.07) is 15.9. The predicted octanol–water partition coefficient (Wildman–Crippen LogP) is 4.60. The smallest absolute Gasteiger partial charge is 0.261 e. The van der Waals surface area contributed by atoms with Crippen molar-refractivity contribution in [2.75, 3.05) is 4.72 Å². The molecule has 0 atom stereocenters. The Morgan fingerprint density at radius 1 is 0.923 bits per heavy atom. The lowest BCUT2D eigenvalue weighted by Gasteiger charge is -2.12. The molecule has 3 rings (SSSR count). The van der Waals surface area contributed by atoms with Crippen molar-refractivity contribution in [3.63, 3.8) is 0 Å². The minimum atomic E-state index is -3.65. The Kier molecular flexibility index (Phi) is 4.95. The zero-order chi connectivity index (χ0) is 18.7. The van der Waals surface area contributed by atoms with Gasteiger partial charge in [0.05, 0.1) is 16.8 Å². The maximum atomic E-state index is 12.4. The average Bonchev–Trinajstić information content (AvgIpc) is 2.59. The van der Waals surface area contributed by atoms with Gasteiger partial charge < -0.3 is 4.74 Å². The lowest BCUT2D eigenvalue weighted by Crippen LogP contribution is -2.13. The van der Waals surface area contributed by atoms with Crippen LogP contribution in [-0.4, -0.2) is 13.4 Å². The molecule has 5 nitrogen and oxygen atoms in total. The van der Waals surface area contributed by atoms with Gasteiger partial charge in [-0.25, -0.2) is 13.4 Å². The molecule has 1 aromatic heterocycles. The molecule has 0 saturated carbocycles. The molecular formula is C20H20N2O3S. The number of para-hydroxylation sites is 1. The molecule has 2 aromatic carbocycles. The second-order valence-electron chi connectivity index (χ2n) is 6.13. The van der Waals surface area contributed by atoms with Gasteiger partial charge in [0.25, 0.3) is 10.0 Å². The quantitative estimate of drug-likeness (QED) is 0.715. The number of hydrogen-bond acceptors (Lipinski definition) is 4. The summed E-state index contributed by atoms with van der Waals surface area (Å²) >= 11 is 0. The van der Waals surface area contributed by atoms with Gasteiger partial charge in [0.2, 0.25) is 5.88 Å². The highest BCUT2D eigenvalue weighted by Crippen LogP contribution is 2.28. The van der Waals surface area contributed by atoms with Crippen LogP contribution in [0.2, 0.25) is 0 Å². The van der Waals surface area contributed by atoms with E-state index >= 15 is 0 Å². The number of rotatable bonds is 5. The summed E-state index contributed by atoms with van der Waals surface area (Å²) in [6.07, 6.45) is 1.44. The summed E-state index contributed by atoms with van der Waals surface area (Å²) in [6.45, 7) is 5.78. The first-order valence-corrected chi connectivity index (χ1v) is 9.63. The molecule has 0 spiro atoms. The van der Waals surface area contributed by atoms with Gasteiger partial charge in [0.15, 0.2) is 0 Å². The number of aryl methyl sites for hydroxylation is 3. The van der Waals surface area contributed by atoms with Gasteiger partial charge in [0.1, 0.15) is 5.75 Å². The first-order valence-electron chi connectivity index (χ1n) is 8.15. The minimum Gasteiger partial charge on any atom is -0.438 e. The van der Waals surface area contributed by atoms with Gasteiger partial charge in [-0.15, -0.1) is 0 Å². The Balaban J connectivity index is 1.78. The summed E-state index contributed by atoms with van der Waals surface area (Å²) in [5.41, 5.74) is 3.27. The van der Waals surface area contributed by atoms with Gasteiger partial charge in [-0.3, -0.25) is 4.72 Å². The number of nitrogens with one attached hydrogen (secondary N) is 1. The molecule has 0 radical (unpaired) electrons. The van der Waals surface area contributed by atoms with Crippen LogP contribution >= 0.6 is 0 Å². The molecule has 0 amide bonds. The molecule has 0 aliphatic rings. The standard InChI is InChI=1S/C20H20N2O3S/c1-14-6-4-9-18(12-14)26(23,24)22-17-10-11-19(21-13-17)25-20-15(2)7-5-8-16(20)3/h4-13,22H,1-3H3. The summed E-state index contributed by atoms with van der Waals surface area (Å²) in [5, 5.41) is 0. The fourth-order valence-electron chi connectivity index (χ4n) is 2.56. The number of pyridine rings is 1. The van der Waals surface area contributed by atoms with Crippen LogP contribution in [0.4, 0.5) is 5.69 Å².